The fourth-order valence-corrected chi connectivity index (χ4v) is 4.28. The van der Waals surface area contributed by atoms with Gasteiger partial charge in [0.15, 0.2) is 0 Å². The molecule has 1 N–H and O–H groups in total. The Balaban J connectivity index is 1.86. The molecule has 144 valence electrons. The Bertz CT molecular complexity index is 925. The van der Waals surface area contributed by atoms with E-state index in [9.17, 15) is 13.2 Å². The van der Waals surface area contributed by atoms with Crippen LogP contribution in [0.1, 0.15) is 30.5 Å². The van der Waals surface area contributed by atoms with Crippen LogP contribution >= 0.6 is 0 Å². The van der Waals surface area contributed by atoms with Crippen LogP contribution in [0, 0.1) is 0 Å². The molecule has 27 heavy (non-hydrogen) atoms. The molecule has 0 unspecified atom stereocenters. The fraction of sp³-hybridized carbons (Fsp3) is 0.350. The average Bonchev–Trinajstić information content (AvgIpc) is 2.96. The summed E-state index contributed by atoms with van der Waals surface area (Å²) >= 11 is 0. The fourth-order valence-electron chi connectivity index (χ4n) is 3.54. The van der Waals surface area contributed by atoms with E-state index in [1.54, 1.807) is 36.3 Å². The third-order valence-corrected chi connectivity index (χ3v) is 5.44. The average molecular weight is 388 g/mol. The summed E-state index contributed by atoms with van der Waals surface area (Å²) in [5, 5.41) is 0. The van der Waals surface area contributed by atoms with Gasteiger partial charge >= 0.3 is 0 Å². The number of fused-ring (bicyclic) bond motifs is 1. The summed E-state index contributed by atoms with van der Waals surface area (Å²) in [7, 11) is -1.92. The van der Waals surface area contributed by atoms with Crippen LogP contribution in [0.3, 0.4) is 0 Å². The van der Waals surface area contributed by atoms with E-state index in [0.717, 1.165) is 29.5 Å². The Labute approximate surface area is 160 Å². The van der Waals surface area contributed by atoms with E-state index in [1.807, 2.05) is 31.2 Å². The largest absolute Gasteiger partial charge is 0.497 e. The van der Waals surface area contributed by atoms with Crippen molar-refractivity contribution in [3.05, 3.63) is 59.7 Å². The van der Waals surface area contributed by atoms with E-state index in [1.165, 1.54) is 0 Å². The van der Waals surface area contributed by atoms with Crippen molar-refractivity contribution < 1.29 is 17.9 Å². The maximum Gasteiger partial charge on any atom is 0.229 e. The van der Waals surface area contributed by atoms with Crippen LogP contribution in [-0.2, 0) is 21.2 Å². The van der Waals surface area contributed by atoms with Crippen LogP contribution in [0.25, 0.3) is 0 Å². The minimum absolute atomic E-state index is 0.0398. The van der Waals surface area contributed by atoms with Crippen molar-refractivity contribution in [1.29, 1.82) is 0 Å². The van der Waals surface area contributed by atoms with Crippen LogP contribution in [0.15, 0.2) is 48.5 Å². The molecule has 0 bridgehead atoms. The summed E-state index contributed by atoms with van der Waals surface area (Å²) in [5.41, 5.74) is 2.76. The number of para-hydroxylation sites is 1. The Morgan fingerprint density at radius 2 is 1.89 bits per heavy atom. The Morgan fingerprint density at radius 1 is 1.22 bits per heavy atom. The number of sulfonamides is 1. The minimum Gasteiger partial charge on any atom is -0.497 e. The molecule has 0 aliphatic carbocycles. The number of nitrogens with zero attached hydrogens (tertiary/aromatic N) is 1. The molecule has 0 spiro atoms. The minimum atomic E-state index is -3.48. The maximum absolute atomic E-state index is 13.1. The van der Waals surface area contributed by atoms with Crippen LogP contribution in [0.5, 0.6) is 5.75 Å². The molecule has 1 heterocycles. The maximum atomic E-state index is 13.1. The van der Waals surface area contributed by atoms with Gasteiger partial charge in [-0.2, -0.15) is 0 Å². The lowest BCUT2D eigenvalue weighted by Crippen LogP contribution is -2.39. The highest BCUT2D eigenvalue weighted by molar-refractivity contribution is 7.88. The van der Waals surface area contributed by atoms with Gasteiger partial charge in [-0.1, -0.05) is 30.3 Å². The summed E-state index contributed by atoms with van der Waals surface area (Å²) < 4.78 is 31.4. The van der Waals surface area contributed by atoms with Crippen molar-refractivity contribution in [3.63, 3.8) is 0 Å². The van der Waals surface area contributed by atoms with Gasteiger partial charge in [-0.15, -0.1) is 0 Å². The lowest BCUT2D eigenvalue weighted by molar-refractivity contribution is -0.119. The van der Waals surface area contributed by atoms with E-state index in [2.05, 4.69) is 4.72 Å². The summed E-state index contributed by atoms with van der Waals surface area (Å²) in [4.78, 5) is 14.9. The zero-order valence-corrected chi connectivity index (χ0v) is 16.5. The summed E-state index contributed by atoms with van der Waals surface area (Å²) in [5.74, 6) is 0.565. The number of benzene rings is 2. The molecule has 0 radical (unpaired) electrons. The van der Waals surface area contributed by atoms with Gasteiger partial charge in [0.25, 0.3) is 0 Å². The molecular formula is C20H24N2O4S. The van der Waals surface area contributed by atoms with E-state index in [4.69, 9.17) is 4.74 Å². The zero-order valence-electron chi connectivity index (χ0n) is 15.7. The monoisotopic (exact) mass is 388 g/mol. The van der Waals surface area contributed by atoms with Crippen LogP contribution in [-0.4, -0.2) is 33.7 Å². The molecule has 0 saturated carbocycles. The number of methoxy groups -OCH3 is 1. The first-order valence-corrected chi connectivity index (χ1v) is 10.7. The molecule has 2 atom stereocenters. The smallest absolute Gasteiger partial charge is 0.229 e. The third kappa shape index (κ3) is 4.48. The molecule has 7 heteroatoms. The Morgan fingerprint density at radius 3 is 2.52 bits per heavy atom. The topological polar surface area (TPSA) is 75.7 Å². The number of carbonyl (C=O) groups excluding carboxylic acids is 1. The van der Waals surface area contributed by atoms with Gasteiger partial charge in [0, 0.05) is 18.2 Å². The standard InChI is InChI=1S/C20H24N2O4S/c1-14-12-16-6-4-5-7-19(16)22(14)20(23)13-18(21-27(3,24)25)15-8-10-17(26-2)11-9-15/h4-11,14,18,21H,12-13H2,1-3H3/t14-,18+/m1/s1. The van der Waals surface area contributed by atoms with Crippen molar-refractivity contribution in [3.8, 4) is 5.75 Å². The first kappa shape index (κ1) is 19.4. The van der Waals surface area contributed by atoms with Crippen molar-refractivity contribution >= 4 is 21.6 Å². The number of hydrogen-bond donors (Lipinski definition) is 1. The normalized spacial score (nSPS) is 17.4. The number of anilines is 1. The highest BCUT2D eigenvalue weighted by atomic mass is 32.2. The lowest BCUT2D eigenvalue weighted by atomic mass is 10.0. The second-order valence-electron chi connectivity index (χ2n) is 6.87. The van der Waals surface area contributed by atoms with Crippen molar-refractivity contribution in [1.82, 2.24) is 4.72 Å². The van der Waals surface area contributed by atoms with E-state index < -0.39 is 16.1 Å². The SMILES string of the molecule is COc1ccc([C@H](CC(=O)N2c3ccccc3C[C@H]2C)NS(C)(=O)=O)cc1. The van der Waals surface area contributed by atoms with E-state index >= 15 is 0 Å². The van der Waals surface area contributed by atoms with Crippen molar-refractivity contribution in [2.75, 3.05) is 18.3 Å². The van der Waals surface area contributed by atoms with E-state index in [-0.39, 0.29) is 18.4 Å². The lowest BCUT2D eigenvalue weighted by Gasteiger charge is -2.26. The molecule has 2 aromatic rings. The number of carbonyl (C=O) groups is 1. The Hall–Kier alpha value is -2.38. The first-order chi connectivity index (χ1) is 12.8. The van der Waals surface area contributed by atoms with Gasteiger partial charge in [-0.05, 0) is 42.7 Å². The van der Waals surface area contributed by atoms with Gasteiger partial charge in [-0.25, -0.2) is 13.1 Å². The predicted molar refractivity (Wildman–Crippen MR) is 105 cm³/mol. The molecule has 0 fully saturated rings. The van der Waals surface area contributed by atoms with Gasteiger partial charge in [-0.3, -0.25) is 4.79 Å². The second-order valence-corrected chi connectivity index (χ2v) is 8.65. The number of amides is 1. The molecular weight excluding hydrogens is 364 g/mol. The third-order valence-electron chi connectivity index (χ3n) is 4.73. The van der Waals surface area contributed by atoms with Gasteiger partial charge in [0.05, 0.1) is 19.4 Å². The zero-order chi connectivity index (χ0) is 19.6. The van der Waals surface area contributed by atoms with Gasteiger partial charge in [0.1, 0.15) is 5.75 Å². The molecule has 1 aliphatic heterocycles. The van der Waals surface area contributed by atoms with Gasteiger partial charge in [0.2, 0.25) is 15.9 Å². The predicted octanol–water partition coefficient (Wildman–Crippen LogP) is 2.65. The molecule has 1 amide bonds. The summed E-state index contributed by atoms with van der Waals surface area (Å²) in [6.07, 6.45) is 1.94. The van der Waals surface area contributed by atoms with Crippen LogP contribution in [0.4, 0.5) is 5.69 Å². The van der Waals surface area contributed by atoms with E-state index in [0.29, 0.717) is 5.75 Å². The first-order valence-electron chi connectivity index (χ1n) is 8.79. The van der Waals surface area contributed by atoms with Crippen LogP contribution in [0.2, 0.25) is 0 Å². The molecule has 0 aromatic heterocycles. The molecule has 6 nitrogen and oxygen atoms in total. The van der Waals surface area contributed by atoms with Crippen molar-refractivity contribution in [2.45, 2.75) is 31.8 Å². The number of hydrogen-bond acceptors (Lipinski definition) is 4. The second kappa shape index (κ2) is 7.70. The highest BCUT2D eigenvalue weighted by Gasteiger charge is 2.32. The van der Waals surface area contributed by atoms with Crippen molar-refractivity contribution in [2.24, 2.45) is 0 Å². The number of nitrogens with one attached hydrogen (secondary N) is 1. The summed E-state index contributed by atoms with van der Waals surface area (Å²) in [6, 6.07) is 14.3. The van der Waals surface area contributed by atoms with Gasteiger partial charge < -0.3 is 9.64 Å². The summed E-state index contributed by atoms with van der Waals surface area (Å²) in [6.45, 7) is 2.00. The highest BCUT2D eigenvalue weighted by Crippen LogP contribution is 2.33. The number of rotatable bonds is 6. The van der Waals surface area contributed by atoms with Crippen LogP contribution < -0.4 is 14.4 Å². The quantitative estimate of drug-likeness (QED) is 0.825. The molecule has 2 aromatic carbocycles. The molecule has 0 saturated heterocycles. The molecule has 1 aliphatic rings. The number of ether oxygens (including phenoxy) is 1. The Kier molecular flexibility index (Phi) is 5.53. The molecule has 3 rings (SSSR count).